The maximum atomic E-state index is 13.5. The fourth-order valence-electron chi connectivity index (χ4n) is 2.09. The molecule has 0 atom stereocenters. The molecule has 0 bridgehead atoms. The van der Waals surface area contributed by atoms with E-state index in [4.69, 9.17) is 5.11 Å². The van der Waals surface area contributed by atoms with Gasteiger partial charge in [-0.05, 0) is 0 Å². The first-order chi connectivity index (χ1) is 16.7. The van der Waals surface area contributed by atoms with E-state index in [0.717, 1.165) is 0 Å². The monoisotopic (exact) mass is 688 g/mol. The van der Waals surface area contributed by atoms with Crippen molar-refractivity contribution in [1.82, 2.24) is 0 Å². The third-order valence-electron chi connectivity index (χ3n) is 4.57. The van der Waals surface area contributed by atoms with Crippen molar-refractivity contribution >= 4 is 35.5 Å². The molecule has 0 heterocycles. The Balaban J connectivity index is 0. The summed E-state index contributed by atoms with van der Waals surface area (Å²) in [5.74, 6) is -105. The summed E-state index contributed by atoms with van der Waals surface area (Å²) in [6.45, 7) is 0. The van der Waals surface area contributed by atoms with E-state index in [2.05, 4.69) is 0 Å². The van der Waals surface area contributed by atoms with Crippen molar-refractivity contribution in [3.8, 4) is 0 Å². The fourth-order valence-corrected chi connectivity index (χ4v) is 2.09. The van der Waals surface area contributed by atoms with Crippen LogP contribution in [0.2, 0.25) is 0 Å². The summed E-state index contributed by atoms with van der Waals surface area (Å²) < 4.78 is 326. The molecule has 0 aliphatic heterocycles. The van der Waals surface area contributed by atoms with Crippen LogP contribution in [0.15, 0.2) is 0 Å². The van der Waals surface area contributed by atoms with E-state index in [1.165, 1.54) is 0 Å². The summed E-state index contributed by atoms with van der Waals surface area (Å²) in [6.07, 6.45) is -8.20. The molecule has 0 aliphatic rings. The van der Waals surface area contributed by atoms with E-state index in [9.17, 15) is 115 Å². The molecule has 41 heavy (non-hydrogen) atoms. The molecule has 0 saturated heterocycles. The molecule has 1 N–H and O–H groups in total. The molecule has 0 spiro atoms. The zero-order valence-corrected chi connectivity index (χ0v) is 16.8. The molecule has 0 rings (SSSR count). The van der Waals surface area contributed by atoms with Crippen molar-refractivity contribution < 1.29 is 120 Å². The number of aliphatic carboxylic acids is 1. The van der Waals surface area contributed by atoms with E-state index in [0.29, 0.717) is 0 Å². The topological polar surface area (TPSA) is 37.3 Å². The van der Waals surface area contributed by atoms with Gasteiger partial charge in [0.25, 0.3) is 0 Å². The zero-order chi connectivity index (χ0) is 33.6. The fraction of sp³-hybridized carbons (Fsp3) is 0.923. The van der Waals surface area contributed by atoms with Crippen LogP contribution in [-0.2, 0) is 4.79 Å². The summed E-state index contributed by atoms with van der Waals surface area (Å²) in [5, 5.41) is 7.63. The van der Waals surface area contributed by atoms with Crippen LogP contribution < -0.4 is 0 Å². The quantitative estimate of drug-likeness (QED) is 0.188. The number of hydrogen-bond acceptors (Lipinski definition) is 1. The Morgan fingerprint density at radius 3 is 0.610 bits per heavy atom. The van der Waals surface area contributed by atoms with Gasteiger partial charge < -0.3 is 5.11 Å². The molecule has 0 fully saturated rings. The predicted molar refractivity (Wildman–Crippen MR) is 75.3 cm³/mol. The molecule has 0 aromatic rings. The molecular weight excluding hydrogens is 686 g/mol. The summed E-state index contributed by atoms with van der Waals surface area (Å²) in [5.41, 5.74) is 0. The van der Waals surface area contributed by atoms with Crippen LogP contribution in [0.1, 0.15) is 0 Å². The molecule has 2 nitrogen and oxygen atoms in total. The van der Waals surface area contributed by atoms with E-state index < -0.39 is 77.3 Å². The Kier molecular flexibility index (Phi) is 10.3. The molecule has 0 radical (unpaired) electrons. The van der Waals surface area contributed by atoms with Gasteiger partial charge in [-0.25, -0.2) is 4.79 Å². The molecule has 0 aliphatic carbocycles. The van der Waals surface area contributed by atoms with E-state index in [1.54, 1.807) is 0 Å². The van der Waals surface area contributed by atoms with Crippen LogP contribution in [0.5, 0.6) is 0 Å². The Hall–Kier alpha value is -1.28. The van der Waals surface area contributed by atoms with Gasteiger partial charge in [0, 0.05) is 0 Å². The summed E-state index contributed by atoms with van der Waals surface area (Å²) in [4.78, 5) is 9.88. The second-order valence-electron chi connectivity index (χ2n) is 7.12. The van der Waals surface area contributed by atoms with Crippen LogP contribution in [0, 0.1) is 0 Å². The third-order valence-corrected chi connectivity index (χ3v) is 4.57. The number of alkyl halides is 25. The number of rotatable bonds is 11. The van der Waals surface area contributed by atoms with E-state index in [1.807, 2.05) is 0 Å². The second-order valence-corrected chi connectivity index (χ2v) is 7.12. The average molecular weight is 688 g/mol. The minimum absolute atomic E-state index is 0. The zero-order valence-electron chi connectivity index (χ0n) is 16.8. The van der Waals surface area contributed by atoms with Gasteiger partial charge in [-0.1, -0.05) is 0 Å². The van der Waals surface area contributed by atoms with Gasteiger partial charge in [0.15, 0.2) is 0 Å². The molecule has 28 heteroatoms. The number of halogens is 25. The second kappa shape index (κ2) is 10.1. The van der Waals surface area contributed by atoms with Crippen LogP contribution >= 0.6 is 0 Å². The molecule has 0 aromatic carbocycles. The Morgan fingerprint density at radius 2 is 0.463 bits per heavy atom. The van der Waals surface area contributed by atoms with E-state index >= 15 is 0 Å². The molecule has 0 unspecified atom stereocenters. The Labute approximate surface area is 227 Å². The van der Waals surface area contributed by atoms with Crippen molar-refractivity contribution in [1.29, 1.82) is 0 Å². The van der Waals surface area contributed by atoms with Crippen LogP contribution in [-0.4, -0.2) is 112 Å². The molecular formula is C13H2F25NaO2. The van der Waals surface area contributed by atoms with Crippen molar-refractivity contribution in [2.45, 2.75) is 71.3 Å². The normalized spacial score (nSPS) is 16.4. The summed E-state index contributed by atoms with van der Waals surface area (Å²) in [7, 11) is 0. The van der Waals surface area contributed by atoms with Crippen molar-refractivity contribution in [3.05, 3.63) is 0 Å². The number of carboxylic acid groups (broad SMARTS) is 1. The molecule has 242 valence electrons. The van der Waals surface area contributed by atoms with Crippen LogP contribution in [0.25, 0.3) is 0 Å². The SMILES string of the molecule is O=C(O)C(F)(F)C(F)(F)C(F)(F)C(F)(F)C(F)(F)C(F)(F)C(F)(F)C(F)(F)C(F)(F)C(F)(F)C(F)(F)C(F)(F)F.[NaH]. The summed E-state index contributed by atoms with van der Waals surface area (Å²) >= 11 is 0. The van der Waals surface area contributed by atoms with Crippen LogP contribution in [0.3, 0.4) is 0 Å². The van der Waals surface area contributed by atoms with Gasteiger partial charge in [-0.15, -0.1) is 0 Å². The minimum atomic E-state index is -9.68. The van der Waals surface area contributed by atoms with Crippen molar-refractivity contribution in [3.63, 3.8) is 0 Å². The van der Waals surface area contributed by atoms with E-state index in [-0.39, 0.29) is 29.6 Å². The van der Waals surface area contributed by atoms with Gasteiger partial charge in [0.1, 0.15) is 0 Å². The van der Waals surface area contributed by atoms with Gasteiger partial charge in [-0.3, -0.25) is 0 Å². The average Bonchev–Trinajstić information content (AvgIpc) is 2.71. The molecule has 0 aromatic heterocycles. The van der Waals surface area contributed by atoms with Gasteiger partial charge >= 0.3 is 107 Å². The predicted octanol–water partition coefficient (Wildman–Crippen LogP) is 6.97. The first-order valence-corrected chi connectivity index (χ1v) is 8.15. The van der Waals surface area contributed by atoms with Gasteiger partial charge in [0.2, 0.25) is 0 Å². The first kappa shape index (κ1) is 41.9. The number of hydrogen-bond donors (Lipinski definition) is 1. The van der Waals surface area contributed by atoms with Crippen molar-refractivity contribution in [2.75, 3.05) is 0 Å². The van der Waals surface area contributed by atoms with Gasteiger partial charge in [-0.2, -0.15) is 110 Å². The first-order valence-electron chi connectivity index (χ1n) is 8.15. The Bertz CT molecular complexity index is 976. The molecule has 0 amide bonds. The number of carboxylic acids is 1. The van der Waals surface area contributed by atoms with Crippen LogP contribution in [0.4, 0.5) is 110 Å². The Morgan fingerprint density at radius 1 is 0.317 bits per heavy atom. The molecule has 0 saturated carbocycles. The van der Waals surface area contributed by atoms with Crippen molar-refractivity contribution in [2.24, 2.45) is 0 Å². The standard InChI is InChI=1S/C13HF25O2.Na.H/c14-2(15,1(39)40)3(16,17)4(18,19)5(20,21)6(22,23)7(24,25)8(26,27)9(28,29)10(30,31)11(32,33)12(34,35)13(36,37)38;;/h(H,39,40);;. The maximum absolute atomic E-state index is 13.5. The summed E-state index contributed by atoms with van der Waals surface area (Å²) in [6, 6.07) is 0. The number of carbonyl (C=O) groups is 1. The third kappa shape index (κ3) is 4.85. The van der Waals surface area contributed by atoms with Gasteiger partial charge in [0.05, 0.1) is 0 Å².